The largest absolute Gasteiger partial charge is 0.479 e. The van der Waals surface area contributed by atoms with Crippen LogP contribution in [0.3, 0.4) is 0 Å². The van der Waals surface area contributed by atoms with Crippen LogP contribution in [0.2, 0.25) is 0 Å². The predicted octanol–water partition coefficient (Wildman–Crippen LogP) is 0.373. The monoisotopic (exact) mass is 188 g/mol. The first-order valence-corrected chi connectivity index (χ1v) is 4.59. The van der Waals surface area contributed by atoms with Gasteiger partial charge in [-0.1, -0.05) is 19.8 Å². The third kappa shape index (κ3) is 2.19. The van der Waals surface area contributed by atoms with E-state index in [4.69, 9.17) is 5.11 Å². The molecule has 4 nitrogen and oxygen atoms in total. The molecule has 1 rings (SSSR count). The molecule has 0 spiro atoms. The second-order valence-electron chi connectivity index (χ2n) is 4.05. The van der Waals surface area contributed by atoms with Crippen LogP contribution in [0.1, 0.15) is 32.6 Å². The van der Waals surface area contributed by atoms with Crippen molar-refractivity contribution in [3.8, 4) is 0 Å². The lowest BCUT2D eigenvalue weighted by molar-refractivity contribution is -0.169. The van der Waals surface area contributed by atoms with E-state index in [1.807, 2.05) is 6.92 Å². The predicted molar refractivity (Wildman–Crippen MR) is 46.2 cm³/mol. The Morgan fingerprint density at radius 3 is 2.69 bits per heavy atom. The van der Waals surface area contributed by atoms with Gasteiger partial charge in [0.2, 0.25) is 0 Å². The van der Waals surface area contributed by atoms with E-state index >= 15 is 0 Å². The molecular weight excluding hydrogens is 172 g/mol. The Kier molecular flexibility index (Phi) is 2.93. The maximum absolute atomic E-state index is 10.5. The first-order chi connectivity index (χ1) is 5.96. The fraction of sp³-hybridized carbons (Fsp3) is 0.889. The normalized spacial score (nSPS) is 37.0. The molecular formula is C9H16O4. The number of rotatable bonds is 2. The van der Waals surface area contributed by atoms with Crippen LogP contribution in [0.25, 0.3) is 0 Å². The highest BCUT2D eigenvalue weighted by Gasteiger charge is 2.42. The summed E-state index contributed by atoms with van der Waals surface area (Å²) < 4.78 is 0. The lowest BCUT2D eigenvalue weighted by Crippen LogP contribution is -2.49. The van der Waals surface area contributed by atoms with Gasteiger partial charge in [0, 0.05) is 0 Å². The molecule has 3 atom stereocenters. The van der Waals surface area contributed by atoms with E-state index < -0.39 is 17.7 Å². The van der Waals surface area contributed by atoms with Crippen LogP contribution in [0, 0.1) is 5.92 Å². The van der Waals surface area contributed by atoms with Crippen LogP contribution in [-0.4, -0.2) is 33.0 Å². The standard InChI is InChI=1S/C9H16O4/c1-6-3-2-4-9(13,5-6)7(10)8(11)12/h6-7,10,13H,2-5H2,1H3,(H,11,12). The summed E-state index contributed by atoms with van der Waals surface area (Å²) in [6, 6.07) is 0. The average Bonchev–Trinajstić information content (AvgIpc) is 2.02. The molecule has 0 heterocycles. The molecule has 0 aromatic rings. The summed E-state index contributed by atoms with van der Waals surface area (Å²) in [5, 5.41) is 27.7. The highest BCUT2D eigenvalue weighted by Crippen LogP contribution is 2.34. The molecule has 3 unspecified atom stereocenters. The van der Waals surface area contributed by atoms with Crippen molar-refractivity contribution in [1.82, 2.24) is 0 Å². The van der Waals surface area contributed by atoms with Gasteiger partial charge in [0.05, 0.1) is 0 Å². The first kappa shape index (κ1) is 10.5. The fourth-order valence-electron chi connectivity index (χ4n) is 2.04. The van der Waals surface area contributed by atoms with Crippen LogP contribution in [0.5, 0.6) is 0 Å². The van der Waals surface area contributed by atoms with Crippen molar-refractivity contribution >= 4 is 5.97 Å². The number of hydrogen-bond donors (Lipinski definition) is 3. The number of aliphatic hydroxyl groups excluding tert-OH is 1. The Balaban J connectivity index is 2.68. The summed E-state index contributed by atoms with van der Waals surface area (Å²) >= 11 is 0. The zero-order valence-electron chi connectivity index (χ0n) is 7.73. The highest BCUT2D eigenvalue weighted by molar-refractivity contribution is 5.73. The van der Waals surface area contributed by atoms with Crippen LogP contribution in [0.15, 0.2) is 0 Å². The topological polar surface area (TPSA) is 77.8 Å². The highest BCUT2D eigenvalue weighted by atomic mass is 16.4. The third-order valence-corrected chi connectivity index (χ3v) is 2.75. The fourth-order valence-corrected chi connectivity index (χ4v) is 2.04. The quantitative estimate of drug-likeness (QED) is 0.585. The minimum Gasteiger partial charge on any atom is -0.479 e. The van der Waals surface area contributed by atoms with Crippen molar-refractivity contribution in [2.75, 3.05) is 0 Å². The molecule has 4 heteroatoms. The van der Waals surface area contributed by atoms with Gasteiger partial charge in [0.25, 0.3) is 0 Å². The molecule has 1 aliphatic rings. The van der Waals surface area contributed by atoms with Crippen LogP contribution in [0.4, 0.5) is 0 Å². The van der Waals surface area contributed by atoms with Crippen LogP contribution < -0.4 is 0 Å². The Bertz CT molecular complexity index is 204. The maximum Gasteiger partial charge on any atom is 0.335 e. The minimum absolute atomic E-state index is 0.285. The molecule has 0 aromatic heterocycles. The lowest BCUT2D eigenvalue weighted by atomic mass is 9.76. The van der Waals surface area contributed by atoms with Crippen LogP contribution in [-0.2, 0) is 4.79 Å². The van der Waals surface area contributed by atoms with E-state index in [-0.39, 0.29) is 5.92 Å². The molecule has 3 N–H and O–H groups in total. The number of aliphatic hydroxyl groups is 2. The van der Waals surface area contributed by atoms with Gasteiger partial charge in [0.1, 0.15) is 5.60 Å². The van der Waals surface area contributed by atoms with Gasteiger partial charge in [-0.15, -0.1) is 0 Å². The van der Waals surface area contributed by atoms with Crippen molar-refractivity contribution in [3.63, 3.8) is 0 Å². The Morgan fingerprint density at radius 1 is 1.62 bits per heavy atom. The summed E-state index contributed by atoms with van der Waals surface area (Å²) in [7, 11) is 0. The van der Waals surface area contributed by atoms with Gasteiger partial charge in [-0.25, -0.2) is 4.79 Å². The van der Waals surface area contributed by atoms with Gasteiger partial charge >= 0.3 is 5.97 Å². The molecule has 0 aromatic carbocycles. The van der Waals surface area contributed by atoms with Crippen LogP contribution >= 0.6 is 0 Å². The number of carboxylic acid groups (broad SMARTS) is 1. The van der Waals surface area contributed by atoms with E-state index in [9.17, 15) is 15.0 Å². The summed E-state index contributed by atoms with van der Waals surface area (Å²) in [5.74, 6) is -1.05. The number of carboxylic acids is 1. The average molecular weight is 188 g/mol. The van der Waals surface area contributed by atoms with E-state index in [1.165, 1.54) is 0 Å². The number of hydrogen-bond acceptors (Lipinski definition) is 3. The van der Waals surface area contributed by atoms with Gasteiger partial charge < -0.3 is 15.3 Å². The van der Waals surface area contributed by atoms with Gasteiger partial charge in [-0.05, 0) is 18.8 Å². The molecule has 0 saturated heterocycles. The molecule has 1 aliphatic carbocycles. The maximum atomic E-state index is 10.5. The number of carbonyl (C=O) groups is 1. The zero-order chi connectivity index (χ0) is 10.1. The Hall–Kier alpha value is -0.610. The molecule has 1 saturated carbocycles. The molecule has 0 radical (unpaired) electrons. The first-order valence-electron chi connectivity index (χ1n) is 4.59. The second-order valence-corrected chi connectivity index (χ2v) is 4.05. The molecule has 1 fully saturated rings. The number of aliphatic carboxylic acids is 1. The Morgan fingerprint density at radius 2 is 2.23 bits per heavy atom. The molecule has 0 amide bonds. The van der Waals surface area contributed by atoms with Crippen molar-refractivity contribution < 1.29 is 20.1 Å². The second kappa shape index (κ2) is 3.64. The summed E-state index contributed by atoms with van der Waals surface area (Å²) in [6.45, 7) is 1.96. The van der Waals surface area contributed by atoms with Crippen molar-refractivity contribution in [1.29, 1.82) is 0 Å². The van der Waals surface area contributed by atoms with Gasteiger partial charge in [0.15, 0.2) is 6.10 Å². The van der Waals surface area contributed by atoms with E-state index in [0.717, 1.165) is 12.8 Å². The summed E-state index contributed by atoms with van der Waals surface area (Å²) in [4.78, 5) is 10.5. The van der Waals surface area contributed by atoms with Crippen molar-refractivity contribution in [3.05, 3.63) is 0 Å². The zero-order valence-corrected chi connectivity index (χ0v) is 7.73. The Labute approximate surface area is 77.2 Å². The molecule has 0 aliphatic heterocycles. The summed E-state index contributed by atoms with van der Waals surface area (Å²) in [5.41, 5.74) is -1.41. The van der Waals surface area contributed by atoms with E-state index in [2.05, 4.69) is 0 Å². The van der Waals surface area contributed by atoms with Gasteiger partial charge in [-0.3, -0.25) is 0 Å². The SMILES string of the molecule is CC1CCCC(O)(C(O)C(=O)O)C1. The van der Waals surface area contributed by atoms with Crippen molar-refractivity contribution in [2.45, 2.75) is 44.3 Å². The lowest BCUT2D eigenvalue weighted by Gasteiger charge is -2.37. The third-order valence-electron chi connectivity index (χ3n) is 2.75. The summed E-state index contributed by atoms with van der Waals surface area (Å²) in [6.07, 6.45) is 0.886. The smallest absolute Gasteiger partial charge is 0.335 e. The molecule has 13 heavy (non-hydrogen) atoms. The minimum atomic E-state index is -1.64. The van der Waals surface area contributed by atoms with E-state index in [1.54, 1.807) is 0 Å². The molecule has 76 valence electrons. The van der Waals surface area contributed by atoms with Gasteiger partial charge in [-0.2, -0.15) is 0 Å². The van der Waals surface area contributed by atoms with Crippen molar-refractivity contribution in [2.24, 2.45) is 5.92 Å². The van der Waals surface area contributed by atoms with E-state index in [0.29, 0.717) is 12.8 Å². The molecule has 0 bridgehead atoms.